The summed E-state index contributed by atoms with van der Waals surface area (Å²) in [5.41, 5.74) is 11.8. The number of nitrogens with two attached hydrogens (primary N) is 2. The van der Waals surface area contributed by atoms with E-state index in [2.05, 4.69) is 10.4 Å². The van der Waals surface area contributed by atoms with Crippen LogP contribution in [0.5, 0.6) is 0 Å². The predicted octanol–water partition coefficient (Wildman–Crippen LogP) is 0.00570. The molecule has 1 saturated heterocycles. The number of rotatable bonds is 4. The van der Waals surface area contributed by atoms with Gasteiger partial charge in [0.15, 0.2) is 0 Å². The van der Waals surface area contributed by atoms with Gasteiger partial charge in [-0.1, -0.05) is 0 Å². The minimum absolute atomic E-state index is 0.101. The highest BCUT2D eigenvalue weighted by Gasteiger charge is 2.27. The van der Waals surface area contributed by atoms with E-state index < -0.39 is 6.03 Å². The van der Waals surface area contributed by atoms with Crippen molar-refractivity contribution < 1.29 is 9.59 Å². The number of aromatic nitrogens is 2. The number of piperidine rings is 1. The van der Waals surface area contributed by atoms with Gasteiger partial charge in [-0.25, -0.2) is 4.79 Å². The fourth-order valence-electron chi connectivity index (χ4n) is 2.68. The Hall–Kier alpha value is -2.25. The zero-order chi connectivity index (χ0) is 15.4. The fourth-order valence-corrected chi connectivity index (χ4v) is 2.68. The number of nitrogens with zero attached hydrogens (tertiary/aromatic N) is 3. The maximum absolute atomic E-state index is 12.6. The first-order chi connectivity index (χ1) is 10.0. The lowest BCUT2D eigenvalue weighted by atomic mass is 9.97. The second-order valence-corrected chi connectivity index (χ2v) is 5.27. The zero-order valence-corrected chi connectivity index (χ0v) is 12.2. The SMILES string of the molecule is CCn1ncc(N)c1C(=O)N1CCCC(CNC(N)=O)C1. The average Bonchev–Trinajstić information content (AvgIpc) is 2.85. The second-order valence-electron chi connectivity index (χ2n) is 5.27. The number of carbonyl (C=O) groups is 2. The van der Waals surface area contributed by atoms with Gasteiger partial charge >= 0.3 is 6.03 Å². The normalized spacial score (nSPS) is 18.5. The third kappa shape index (κ3) is 3.45. The van der Waals surface area contributed by atoms with Gasteiger partial charge in [0.25, 0.3) is 5.91 Å². The first kappa shape index (κ1) is 15.1. The molecule has 1 aliphatic heterocycles. The molecule has 0 aromatic carbocycles. The van der Waals surface area contributed by atoms with E-state index in [0.29, 0.717) is 37.6 Å². The third-order valence-corrected chi connectivity index (χ3v) is 3.74. The van der Waals surface area contributed by atoms with E-state index in [-0.39, 0.29) is 11.8 Å². The molecule has 8 nitrogen and oxygen atoms in total. The highest BCUT2D eigenvalue weighted by molar-refractivity contribution is 5.97. The fraction of sp³-hybridized carbons (Fsp3) is 0.615. The van der Waals surface area contributed by atoms with Crippen molar-refractivity contribution in [2.75, 3.05) is 25.4 Å². The van der Waals surface area contributed by atoms with E-state index >= 15 is 0 Å². The molecule has 116 valence electrons. The highest BCUT2D eigenvalue weighted by atomic mass is 16.2. The van der Waals surface area contributed by atoms with Crippen molar-refractivity contribution in [2.45, 2.75) is 26.3 Å². The Kier molecular flexibility index (Phi) is 4.66. The van der Waals surface area contributed by atoms with Gasteiger partial charge in [-0.2, -0.15) is 5.10 Å². The van der Waals surface area contributed by atoms with Gasteiger partial charge in [0, 0.05) is 26.2 Å². The van der Waals surface area contributed by atoms with Crippen molar-refractivity contribution in [3.8, 4) is 0 Å². The van der Waals surface area contributed by atoms with Gasteiger partial charge in [-0.15, -0.1) is 0 Å². The molecule has 3 amide bonds. The number of carbonyl (C=O) groups excluding carboxylic acids is 2. The largest absolute Gasteiger partial charge is 0.396 e. The topological polar surface area (TPSA) is 119 Å². The quantitative estimate of drug-likeness (QED) is 0.724. The van der Waals surface area contributed by atoms with Crippen LogP contribution in [-0.4, -0.2) is 46.3 Å². The van der Waals surface area contributed by atoms with Crippen LogP contribution in [0, 0.1) is 5.92 Å². The molecular formula is C13H22N6O2. The molecule has 0 spiro atoms. The Balaban J connectivity index is 2.05. The molecular weight excluding hydrogens is 272 g/mol. The Morgan fingerprint density at radius 3 is 2.95 bits per heavy atom. The van der Waals surface area contributed by atoms with Crippen LogP contribution < -0.4 is 16.8 Å². The summed E-state index contributed by atoms with van der Waals surface area (Å²) in [6.45, 7) is 4.28. The molecule has 1 aliphatic rings. The van der Waals surface area contributed by atoms with Crippen molar-refractivity contribution in [2.24, 2.45) is 11.7 Å². The van der Waals surface area contributed by atoms with E-state index in [1.807, 2.05) is 6.92 Å². The van der Waals surface area contributed by atoms with Gasteiger partial charge in [-0.3, -0.25) is 9.48 Å². The Bertz CT molecular complexity index is 527. The number of likely N-dealkylation sites (tertiary alicyclic amines) is 1. The van der Waals surface area contributed by atoms with Gasteiger partial charge in [0.1, 0.15) is 5.69 Å². The second kappa shape index (κ2) is 6.47. The lowest BCUT2D eigenvalue weighted by Gasteiger charge is -2.32. The van der Waals surface area contributed by atoms with E-state index in [0.717, 1.165) is 12.8 Å². The number of anilines is 1. The minimum Gasteiger partial charge on any atom is -0.396 e. The zero-order valence-electron chi connectivity index (χ0n) is 12.2. The Labute approximate surface area is 123 Å². The van der Waals surface area contributed by atoms with E-state index in [1.54, 1.807) is 9.58 Å². The first-order valence-corrected chi connectivity index (χ1v) is 7.16. The summed E-state index contributed by atoms with van der Waals surface area (Å²) in [6, 6.07) is -0.535. The third-order valence-electron chi connectivity index (χ3n) is 3.74. The van der Waals surface area contributed by atoms with Crippen LogP contribution in [0.1, 0.15) is 30.3 Å². The van der Waals surface area contributed by atoms with E-state index in [4.69, 9.17) is 11.5 Å². The molecule has 5 N–H and O–H groups in total. The molecule has 0 radical (unpaired) electrons. The number of primary amides is 1. The molecule has 0 saturated carbocycles. The smallest absolute Gasteiger partial charge is 0.312 e. The Morgan fingerprint density at radius 2 is 2.29 bits per heavy atom. The minimum atomic E-state index is -0.535. The number of nitrogens with one attached hydrogen (secondary N) is 1. The highest BCUT2D eigenvalue weighted by Crippen LogP contribution is 2.20. The van der Waals surface area contributed by atoms with Gasteiger partial charge in [0.05, 0.1) is 11.9 Å². The summed E-state index contributed by atoms with van der Waals surface area (Å²) in [7, 11) is 0. The number of amides is 3. The molecule has 8 heteroatoms. The van der Waals surface area contributed by atoms with Crippen LogP contribution in [0.15, 0.2) is 6.20 Å². The summed E-state index contributed by atoms with van der Waals surface area (Å²) in [5.74, 6) is 0.116. The number of nitrogen functional groups attached to an aromatic ring is 1. The molecule has 1 aromatic rings. The number of urea groups is 1. The van der Waals surface area contributed by atoms with Crippen LogP contribution in [-0.2, 0) is 6.54 Å². The number of hydrogen-bond acceptors (Lipinski definition) is 4. The lowest BCUT2D eigenvalue weighted by Crippen LogP contribution is -2.45. The maximum Gasteiger partial charge on any atom is 0.312 e. The molecule has 2 heterocycles. The van der Waals surface area contributed by atoms with Crippen molar-refractivity contribution in [3.05, 3.63) is 11.9 Å². The van der Waals surface area contributed by atoms with E-state index in [1.165, 1.54) is 6.20 Å². The van der Waals surface area contributed by atoms with Crippen LogP contribution in [0.3, 0.4) is 0 Å². The van der Waals surface area contributed by atoms with Crippen LogP contribution in [0.4, 0.5) is 10.5 Å². The molecule has 1 atom stereocenters. The van der Waals surface area contributed by atoms with Crippen LogP contribution >= 0.6 is 0 Å². The molecule has 1 aromatic heterocycles. The van der Waals surface area contributed by atoms with Gasteiger partial charge in [-0.05, 0) is 25.7 Å². The molecule has 2 rings (SSSR count). The summed E-state index contributed by atoms with van der Waals surface area (Å²) >= 11 is 0. The first-order valence-electron chi connectivity index (χ1n) is 7.16. The van der Waals surface area contributed by atoms with E-state index in [9.17, 15) is 9.59 Å². The summed E-state index contributed by atoms with van der Waals surface area (Å²) in [6.07, 6.45) is 3.37. The molecule has 1 fully saturated rings. The Morgan fingerprint density at radius 1 is 1.52 bits per heavy atom. The standard InChI is InChI=1S/C13H22N6O2/c1-2-19-11(10(14)7-17-19)12(20)18-5-3-4-9(8-18)6-16-13(15)21/h7,9H,2-6,8,14H2,1H3,(H3,15,16,21). The van der Waals surface area contributed by atoms with Gasteiger partial charge < -0.3 is 21.7 Å². The lowest BCUT2D eigenvalue weighted by molar-refractivity contribution is 0.0663. The molecule has 1 unspecified atom stereocenters. The average molecular weight is 294 g/mol. The van der Waals surface area contributed by atoms with Crippen LogP contribution in [0.2, 0.25) is 0 Å². The maximum atomic E-state index is 12.6. The van der Waals surface area contributed by atoms with Gasteiger partial charge in [0.2, 0.25) is 0 Å². The molecule has 0 bridgehead atoms. The van der Waals surface area contributed by atoms with Crippen molar-refractivity contribution in [1.82, 2.24) is 20.0 Å². The van der Waals surface area contributed by atoms with Crippen molar-refractivity contribution in [1.29, 1.82) is 0 Å². The predicted molar refractivity (Wildman–Crippen MR) is 78.5 cm³/mol. The van der Waals surface area contributed by atoms with Crippen molar-refractivity contribution in [3.63, 3.8) is 0 Å². The monoisotopic (exact) mass is 294 g/mol. The van der Waals surface area contributed by atoms with Crippen molar-refractivity contribution >= 4 is 17.6 Å². The summed E-state index contributed by atoms with van der Waals surface area (Å²) in [5, 5.41) is 6.70. The summed E-state index contributed by atoms with van der Waals surface area (Å²) in [4.78, 5) is 25.2. The summed E-state index contributed by atoms with van der Waals surface area (Å²) < 4.78 is 1.61. The van der Waals surface area contributed by atoms with Crippen LogP contribution in [0.25, 0.3) is 0 Å². The number of hydrogen-bond donors (Lipinski definition) is 3. The molecule has 0 aliphatic carbocycles. The molecule has 21 heavy (non-hydrogen) atoms. The number of aryl methyl sites for hydroxylation is 1.